The van der Waals surface area contributed by atoms with Crippen LogP contribution < -0.4 is 24.9 Å². The highest BCUT2D eigenvalue weighted by Gasteiger charge is 2.66. The van der Waals surface area contributed by atoms with Crippen LogP contribution in [0.2, 0.25) is 18.6 Å². The number of amides is 3. The highest BCUT2D eigenvalue weighted by atomic mass is 28.3. The first-order valence-electron chi connectivity index (χ1n) is 18.7. The first-order chi connectivity index (χ1) is 26.0. The molecule has 4 aromatic carbocycles. The van der Waals surface area contributed by atoms with Gasteiger partial charge in [0.2, 0.25) is 5.91 Å². The van der Waals surface area contributed by atoms with Crippen molar-refractivity contribution in [1.82, 2.24) is 4.90 Å². The Kier molecular flexibility index (Phi) is 10.4. The molecule has 54 heavy (non-hydrogen) atoms. The van der Waals surface area contributed by atoms with Crippen LogP contribution in [0.15, 0.2) is 97.1 Å². The lowest BCUT2D eigenvalue weighted by atomic mass is 9.82. The maximum Gasteiger partial charge on any atom is 0.264 e. The molecule has 3 aliphatic heterocycles. The summed E-state index contributed by atoms with van der Waals surface area (Å²) in [5, 5.41) is 14.2. The summed E-state index contributed by atoms with van der Waals surface area (Å²) in [7, 11) is 0.756. The number of rotatable bonds is 11. The minimum absolute atomic E-state index is 0.0622. The van der Waals surface area contributed by atoms with E-state index < -0.39 is 19.8 Å². The first-order valence-corrected chi connectivity index (χ1v) is 21.8. The molecule has 2 saturated heterocycles. The van der Waals surface area contributed by atoms with Crippen LogP contribution in [-0.4, -0.2) is 75.3 Å². The van der Waals surface area contributed by atoms with E-state index in [1.807, 2.05) is 72.8 Å². The van der Waals surface area contributed by atoms with E-state index in [4.69, 9.17) is 14.2 Å². The Hall–Kier alpha value is -4.97. The van der Waals surface area contributed by atoms with Crippen LogP contribution in [0.25, 0.3) is 0 Å². The second-order valence-corrected chi connectivity index (χ2v) is 19.9. The van der Waals surface area contributed by atoms with Crippen molar-refractivity contribution in [3.05, 3.63) is 114 Å². The molecule has 7 rings (SSSR count). The number of methoxy groups -OCH3 is 2. The predicted octanol–water partition coefficient (Wildman–Crippen LogP) is 6.09. The molecule has 2 fully saturated rings. The number of nitrogens with zero attached hydrogens (tertiary/aromatic N) is 2. The summed E-state index contributed by atoms with van der Waals surface area (Å²) in [5.41, 5.74) is 1.94. The second-order valence-electron chi connectivity index (χ2n) is 15.2. The van der Waals surface area contributed by atoms with E-state index in [0.717, 1.165) is 35.4 Å². The number of nitrogens with one attached hydrogen (secondary N) is 1. The molecular formula is C43H49N3O7Si. The number of aliphatic hydroxyl groups excluding tert-OH is 1. The van der Waals surface area contributed by atoms with Crippen LogP contribution in [-0.2, 0) is 26.5 Å². The van der Waals surface area contributed by atoms with Gasteiger partial charge in [-0.25, -0.2) is 0 Å². The van der Waals surface area contributed by atoms with Gasteiger partial charge >= 0.3 is 0 Å². The van der Waals surface area contributed by atoms with Gasteiger partial charge in [-0.05, 0) is 78.5 Å². The summed E-state index contributed by atoms with van der Waals surface area (Å²) < 4.78 is 18.4. The predicted molar refractivity (Wildman–Crippen MR) is 211 cm³/mol. The van der Waals surface area contributed by atoms with Gasteiger partial charge < -0.3 is 34.4 Å². The zero-order chi connectivity index (χ0) is 38.2. The molecule has 3 aliphatic rings. The Morgan fingerprint density at radius 2 is 1.67 bits per heavy atom. The third kappa shape index (κ3) is 6.58. The Balaban J connectivity index is 1.26. The summed E-state index contributed by atoms with van der Waals surface area (Å²) in [6.07, 6.45) is 1.16. The fourth-order valence-corrected chi connectivity index (χ4v) is 13.2. The third-order valence-electron chi connectivity index (χ3n) is 11.9. The number of benzene rings is 4. The van der Waals surface area contributed by atoms with Gasteiger partial charge in [0.25, 0.3) is 11.8 Å². The van der Waals surface area contributed by atoms with Gasteiger partial charge in [0, 0.05) is 29.3 Å². The normalized spacial score (nSPS) is 23.5. The number of fused-ring (bicyclic) bond motifs is 2. The minimum atomic E-state index is -2.50. The van der Waals surface area contributed by atoms with E-state index in [1.54, 1.807) is 36.2 Å². The number of carbonyl (C=O) groups excluding carboxylic acids is 3. The van der Waals surface area contributed by atoms with E-state index in [1.165, 1.54) is 5.19 Å². The molecule has 10 nitrogen and oxygen atoms in total. The largest absolute Gasteiger partial charge is 0.497 e. The first kappa shape index (κ1) is 37.3. The quantitative estimate of drug-likeness (QED) is 0.178. The maximum atomic E-state index is 15.3. The molecule has 0 aromatic heterocycles. The molecule has 0 saturated carbocycles. The Morgan fingerprint density at radius 3 is 2.37 bits per heavy atom. The van der Waals surface area contributed by atoms with Gasteiger partial charge in [-0.1, -0.05) is 67.7 Å². The lowest BCUT2D eigenvalue weighted by Crippen LogP contribution is -2.52. The van der Waals surface area contributed by atoms with Gasteiger partial charge in [0.05, 0.1) is 59.7 Å². The molecule has 0 aliphatic carbocycles. The number of anilines is 2. The average molecular weight is 748 g/mol. The zero-order valence-corrected chi connectivity index (χ0v) is 32.6. The van der Waals surface area contributed by atoms with Crippen LogP contribution in [0.1, 0.15) is 47.7 Å². The fourth-order valence-electron chi connectivity index (χ4n) is 9.14. The van der Waals surface area contributed by atoms with Crippen molar-refractivity contribution in [3.63, 3.8) is 0 Å². The Morgan fingerprint density at radius 1 is 0.944 bits per heavy atom. The fraction of sp³-hybridized carbons (Fsp3) is 0.372. The summed E-state index contributed by atoms with van der Waals surface area (Å²) in [5.74, 6) is 0.585. The minimum Gasteiger partial charge on any atom is -0.497 e. The third-order valence-corrected chi connectivity index (χ3v) is 16.2. The summed E-state index contributed by atoms with van der Waals surface area (Å²) in [6.45, 7) is 7.45. The highest BCUT2D eigenvalue weighted by molar-refractivity contribution is 6.91. The zero-order valence-electron chi connectivity index (χ0n) is 31.6. The van der Waals surface area contributed by atoms with Crippen LogP contribution >= 0.6 is 0 Å². The molecule has 4 aromatic rings. The van der Waals surface area contributed by atoms with Crippen LogP contribution in [0.5, 0.6) is 11.5 Å². The van der Waals surface area contributed by atoms with Crippen LogP contribution in [0.4, 0.5) is 11.4 Å². The molecule has 1 spiro atoms. The molecule has 3 heterocycles. The molecule has 282 valence electrons. The number of hydrogen-bond donors (Lipinski definition) is 2. The van der Waals surface area contributed by atoms with E-state index in [2.05, 4.69) is 37.5 Å². The van der Waals surface area contributed by atoms with Gasteiger partial charge in [-0.15, -0.1) is 0 Å². The van der Waals surface area contributed by atoms with Crippen LogP contribution in [0, 0.1) is 5.92 Å². The van der Waals surface area contributed by atoms with Crippen molar-refractivity contribution < 1.29 is 33.7 Å². The number of hydrogen-bond acceptors (Lipinski definition) is 7. The lowest BCUT2D eigenvalue weighted by Gasteiger charge is -2.37. The topological polar surface area (TPSA) is 118 Å². The van der Waals surface area contributed by atoms with Crippen molar-refractivity contribution in [2.45, 2.75) is 69.1 Å². The molecule has 11 heteroatoms. The smallest absolute Gasteiger partial charge is 0.264 e. The molecule has 0 bridgehead atoms. The summed E-state index contributed by atoms with van der Waals surface area (Å²) >= 11 is 0. The van der Waals surface area contributed by atoms with Gasteiger partial charge in [0.15, 0.2) is 5.60 Å². The summed E-state index contributed by atoms with van der Waals surface area (Å²) in [4.78, 5) is 45.9. The van der Waals surface area contributed by atoms with E-state index in [0.29, 0.717) is 23.5 Å². The molecule has 3 amide bonds. The lowest BCUT2D eigenvalue weighted by molar-refractivity contribution is -0.150. The van der Waals surface area contributed by atoms with Crippen molar-refractivity contribution in [1.29, 1.82) is 0 Å². The van der Waals surface area contributed by atoms with E-state index in [9.17, 15) is 14.7 Å². The molecular weight excluding hydrogens is 699 g/mol. The van der Waals surface area contributed by atoms with Crippen molar-refractivity contribution in [2.24, 2.45) is 5.92 Å². The second kappa shape index (κ2) is 15.0. The monoisotopic (exact) mass is 747 g/mol. The standard InChI is InChI=1S/C43H49N3O7Si/c1-28-40(54(4,5)35-19-16-33(51-2)17-20-35)38(25-39(48)45-22-10-15-32(45)27-47)53-43(28)36-24-34(52-3)18-21-37(36)46(42(43)50)26-29-11-9-14-31(23-29)44-41(49)30-12-7-6-8-13-30/h6-9,11-14,16-21,23-24,28,32,38,40,47H,10,15,22,25-27H2,1-5H3,(H,44,49)/t28-,32-,38+,40-,43+/m0/s1. The Labute approximate surface area is 318 Å². The maximum absolute atomic E-state index is 15.3. The Bertz CT molecular complexity index is 2020. The highest BCUT2D eigenvalue weighted by Crippen LogP contribution is 2.60. The number of aliphatic hydroxyl groups is 1. The van der Waals surface area contributed by atoms with Gasteiger partial charge in [-0.2, -0.15) is 0 Å². The average Bonchev–Trinajstić information content (AvgIpc) is 3.85. The SMILES string of the molecule is COc1ccc([Si](C)(C)[C@@H]2[C@@H](CC(=O)N3CCC[C@H]3CO)O[C@]3(C(=O)N(Cc4cccc(NC(=O)c5ccccc5)c4)c4ccc(OC)cc43)[C@H]2C)cc1. The molecule has 0 unspecified atom stereocenters. The van der Waals surface area contributed by atoms with E-state index >= 15 is 4.79 Å². The van der Waals surface area contributed by atoms with Crippen molar-refractivity contribution >= 4 is 42.4 Å². The van der Waals surface area contributed by atoms with Gasteiger partial charge in [-0.3, -0.25) is 14.4 Å². The van der Waals surface area contributed by atoms with Gasteiger partial charge in [0.1, 0.15) is 11.5 Å². The van der Waals surface area contributed by atoms with Crippen molar-refractivity contribution in [2.75, 3.05) is 37.6 Å². The summed E-state index contributed by atoms with van der Waals surface area (Å²) in [6, 6.07) is 30.2. The van der Waals surface area contributed by atoms with Crippen LogP contribution in [0.3, 0.4) is 0 Å². The molecule has 0 radical (unpaired) electrons. The molecule has 2 N–H and O–H groups in total. The van der Waals surface area contributed by atoms with E-state index in [-0.39, 0.29) is 54.8 Å². The number of likely N-dealkylation sites (tertiary alicyclic amines) is 1. The van der Waals surface area contributed by atoms with Crippen molar-refractivity contribution in [3.8, 4) is 11.5 Å². The number of ether oxygens (including phenoxy) is 3. The molecule has 5 atom stereocenters. The number of carbonyl (C=O) groups is 3.